The van der Waals surface area contributed by atoms with Crippen LogP contribution in [0.3, 0.4) is 0 Å². The van der Waals surface area contributed by atoms with Crippen molar-refractivity contribution < 1.29 is 24.2 Å². The Morgan fingerprint density at radius 2 is 0.930 bits per heavy atom. The second-order valence-electron chi connectivity index (χ2n) is 16.9. The molecule has 0 fully saturated rings. The second kappa shape index (κ2) is 44.9. The van der Waals surface area contributed by atoms with Gasteiger partial charge >= 0.3 is 11.9 Å². The van der Waals surface area contributed by atoms with Crippen LogP contribution in [0.1, 0.15) is 258 Å². The van der Waals surface area contributed by atoms with Gasteiger partial charge in [-0.25, -0.2) is 4.79 Å². The molecule has 0 aromatic rings. The zero-order chi connectivity index (χ0) is 41.7. The highest BCUT2D eigenvalue weighted by Gasteiger charge is 2.19. The third-order valence-corrected chi connectivity index (χ3v) is 11.3. The molecular weight excluding hydrogens is 709 g/mol. The Hall–Kier alpha value is -2.15. The van der Waals surface area contributed by atoms with E-state index in [1.165, 1.54) is 141 Å². The van der Waals surface area contributed by atoms with Crippen LogP contribution in [0.15, 0.2) is 24.3 Å². The molecule has 0 spiro atoms. The first-order valence-electron chi connectivity index (χ1n) is 24.7. The molecule has 0 bridgehead atoms. The summed E-state index contributed by atoms with van der Waals surface area (Å²) in [6, 6.07) is -0.860. The average Bonchev–Trinajstić information content (AvgIpc) is 3.20. The maximum absolute atomic E-state index is 12.8. The number of amides is 1. The van der Waals surface area contributed by atoms with Crippen molar-refractivity contribution in [2.75, 3.05) is 6.54 Å². The molecule has 7 heteroatoms. The van der Waals surface area contributed by atoms with E-state index >= 15 is 0 Å². The molecule has 0 saturated heterocycles. The summed E-state index contributed by atoms with van der Waals surface area (Å²) < 4.78 is 6.05. The highest BCUT2D eigenvalue weighted by atomic mass is 16.5. The van der Waals surface area contributed by atoms with E-state index < -0.39 is 12.0 Å². The summed E-state index contributed by atoms with van der Waals surface area (Å²) in [4.78, 5) is 36.5. The van der Waals surface area contributed by atoms with E-state index in [0.29, 0.717) is 32.2 Å². The number of carboxylic acid groups (broad SMARTS) is 1. The van der Waals surface area contributed by atoms with Gasteiger partial charge in [0, 0.05) is 12.8 Å². The Morgan fingerprint density at radius 3 is 1.42 bits per heavy atom. The lowest BCUT2D eigenvalue weighted by Crippen LogP contribution is -2.40. The number of carboxylic acids is 1. The fourth-order valence-corrected chi connectivity index (χ4v) is 7.55. The summed E-state index contributed by atoms with van der Waals surface area (Å²) >= 11 is 0. The van der Waals surface area contributed by atoms with Crippen molar-refractivity contribution in [2.24, 2.45) is 5.73 Å². The molecule has 7 nitrogen and oxygen atoms in total. The highest BCUT2D eigenvalue weighted by molar-refractivity contribution is 5.83. The molecule has 2 atom stereocenters. The van der Waals surface area contributed by atoms with Gasteiger partial charge in [0.25, 0.3) is 0 Å². The molecule has 4 N–H and O–H groups in total. The number of hydrogen-bond acceptors (Lipinski definition) is 5. The fourth-order valence-electron chi connectivity index (χ4n) is 7.55. The first kappa shape index (κ1) is 54.9. The minimum Gasteiger partial charge on any atom is -0.480 e. The number of aliphatic carboxylic acids is 1. The van der Waals surface area contributed by atoms with Crippen molar-refractivity contribution in [3.63, 3.8) is 0 Å². The van der Waals surface area contributed by atoms with Gasteiger partial charge in [-0.15, -0.1) is 0 Å². The van der Waals surface area contributed by atoms with Crippen LogP contribution < -0.4 is 11.1 Å². The molecule has 57 heavy (non-hydrogen) atoms. The largest absolute Gasteiger partial charge is 0.480 e. The van der Waals surface area contributed by atoms with E-state index in [-0.39, 0.29) is 18.0 Å². The minimum absolute atomic E-state index is 0.0266. The minimum atomic E-state index is -1.01. The Morgan fingerprint density at radius 1 is 0.509 bits per heavy atom. The van der Waals surface area contributed by atoms with E-state index in [0.717, 1.165) is 77.0 Å². The molecular formula is C50H94N2O5. The molecule has 0 aliphatic rings. The van der Waals surface area contributed by atoms with Crippen molar-refractivity contribution in [3.8, 4) is 0 Å². The summed E-state index contributed by atoms with van der Waals surface area (Å²) in [5.74, 6) is -1.25. The Balaban J connectivity index is 4.30. The van der Waals surface area contributed by atoms with Crippen LogP contribution in [0.2, 0.25) is 0 Å². The number of unbranched alkanes of at least 4 members (excludes halogenated alkanes) is 27. The number of ether oxygens (including phenoxy) is 1. The lowest BCUT2D eigenvalue weighted by molar-refractivity contribution is -0.150. The number of nitrogens with one attached hydrogen (secondary N) is 1. The summed E-state index contributed by atoms with van der Waals surface area (Å²) in [6.45, 7) is 4.95. The molecule has 0 heterocycles. The number of hydrogen-bond donors (Lipinski definition) is 3. The van der Waals surface area contributed by atoms with Crippen molar-refractivity contribution in [3.05, 3.63) is 24.3 Å². The predicted octanol–water partition coefficient (Wildman–Crippen LogP) is 14.4. The maximum atomic E-state index is 12.8. The summed E-state index contributed by atoms with van der Waals surface area (Å²) in [6.07, 6.45) is 52.3. The zero-order valence-electron chi connectivity index (χ0n) is 37.7. The molecule has 334 valence electrons. The van der Waals surface area contributed by atoms with Crippen LogP contribution in [0, 0.1) is 0 Å². The van der Waals surface area contributed by atoms with Crippen molar-refractivity contribution in [1.82, 2.24) is 5.32 Å². The molecule has 0 saturated carbocycles. The first-order valence-corrected chi connectivity index (χ1v) is 24.7. The Kier molecular flexibility index (Phi) is 43.2. The monoisotopic (exact) mass is 803 g/mol. The first-order chi connectivity index (χ1) is 27.9. The average molecular weight is 803 g/mol. The van der Waals surface area contributed by atoms with Gasteiger partial charge in [0.15, 0.2) is 0 Å². The lowest BCUT2D eigenvalue weighted by atomic mass is 10.0. The van der Waals surface area contributed by atoms with E-state index in [9.17, 15) is 19.5 Å². The van der Waals surface area contributed by atoms with Crippen LogP contribution in [0.4, 0.5) is 0 Å². The van der Waals surface area contributed by atoms with Gasteiger partial charge in [-0.05, 0) is 83.6 Å². The molecule has 0 aromatic carbocycles. The summed E-state index contributed by atoms with van der Waals surface area (Å²) in [5, 5.41) is 12.0. The molecule has 0 aliphatic carbocycles. The van der Waals surface area contributed by atoms with E-state index in [1.807, 2.05) is 0 Å². The number of esters is 1. The van der Waals surface area contributed by atoms with Gasteiger partial charge in [-0.3, -0.25) is 9.59 Å². The highest BCUT2D eigenvalue weighted by Crippen LogP contribution is 2.18. The van der Waals surface area contributed by atoms with E-state index in [1.54, 1.807) is 0 Å². The summed E-state index contributed by atoms with van der Waals surface area (Å²) in [5.41, 5.74) is 5.49. The van der Waals surface area contributed by atoms with Crippen molar-refractivity contribution >= 4 is 17.8 Å². The number of rotatable bonds is 45. The number of nitrogens with two attached hydrogens (primary N) is 1. The molecule has 2 unspecified atom stereocenters. The van der Waals surface area contributed by atoms with E-state index in [4.69, 9.17) is 10.5 Å². The zero-order valence-corrected chi connectivity index (χ0v) is 37.7. The third-order valence-electron chi connectivity index (χ3n) is 11.3. The molecule has 0 aliphatic heterocycles. The second-order valence-corrected chi connectivity index (χ2v) is 16.9. The van der Waals surface area contributed by atoms with Gasteiger partial charge < -0.3 is 20.9 Å². The Labute approximate surface area is 353 Å². The molecule has 0 rings (SSSR count). The summed E-state index contributed by atoms with van der Waals surface area (Å²) in [7, 11) is 0. The van der Waals surface area contributed by atoms with Gasteiger partial charge in [0.2, 0.25) is 5.91 Å². The van der Waals surface area contributed by atoms with Crippen LogP contribution in [0.5, 0.6) is 0 Å². The third kappa shape index (κ3) is 41.8. The predicted molar refractivity (Wildman–Crippen MR) is 244 cm³/mol. The maximum Gasteiger partial charge on any atom is 0.326 e. The number of carbonyl (C=O) groups excluding carboxylic acids is 2. The standard InChI is InChI=1S/C50H94N2O5/c1-3-5-7-9-11-13-15-17-18-19-20-21-23-25-27-29-34-38-44-49(54)57-46(40-35-31-28-26-24-22-16-14-12-10-8-6-4-2)41-36-32-30-33-37-43-48(53)52-47(50(55)56)42-39-45-51/h16,22,26,28,46-47H,3-15,17-21,23-25,27,29-45,51H2,1-2H3,(H,52,53)(H,55,56)/b22-16-,28-26-. The van der Waals surface area contributed by atoms with Crippen molar-refractivity contribution in [2.45, 2.75) is 270 Å². The van der Waals surface area contributed by atoms with E-state index in [2.05, 4.69) is 43.5 Å². The lowest BCUT2D eigenvalue weighted by Gasteiger charge is -2.18. The smallest absolute Gasteiger partial charge is 0.326 e. The van der Waals surface area contributed by atoms with Crippen LogP contribution in [0.25, 0.3) is 0 Å². The van der Waals surface area contributed by atoms with Gasteiger partial charge in [-0.2, -0.15) is 0 Å². The van der Waals surface area contributed by atoms with Gasteiger partial charge in [0.05, 0.1) is 0 Å². The number of carbonyl (C=O) groups is 3. The SMILES string of the molecule is CCCCCCC/C=C\C/C=C\CCCC(CCCCCCCC(=O)NC(CCCN)C(=O)O)OC(=O)CCCCCCCCCCCCCCCCCCCC. The fraction of sp³-hybridized carbons (Fsp3) is 0.860. The normalized spacial score (nSPS) is 12.8. The van der Waals surface area contributed by atoms with Crippen LogP contribution in [-0.4, -0.2) is 41.6 Å². The molecule has 1 amide bonds. The van der Waals surface area contributed by atoms with Crippen LogP contribution >= 0.6 is 0 Å². The molecule has 0 aromatic heterocycles. The topological polar surface area (TPSA) is 119 Å². The van der Waals surface area contributed by atoms with Crippen molar-refractivity contribution in [1.29, 1.82) is 0 Å². The van der Waals surface area contributed by atoms with Crippen LogP contribution in [-0.2, 0) is 19.1 Å². The molecule has 0 radical (unpaired) electrons. The van der Waals surface area contributed by atoms with Gasteiger partial charge in [0.1, 0.15) is 12.1 Å². The van der Waals surface area contributed by atoms with Gasteiger partial charge in [-0.1, -0.05) is 192 Å². The quantitative estimate of drug-likeness (QED) is 0.0320. The number of allylic oxidation sites excluding steroid dienone is 4. The Bertz CT molecular complexity index is 951.